The van der Waals surface area contributed by atoms with E-state index in [4.69, 9.17) is 17.3 Å². The van der Waals surface area contributed by atoms with Gasteiger partial charge in [-0.2, -0.15) is 0 Å². The molecule has 1 aromatic carbocycles. The van der Waals surface area contributed by atoms with Crippen molar-refractivity contribution in [2.75, 3.05) is 11.2 Å². The summed E-state index contributed by atoms with van der Waals surface area (Å²) in [5.74, 6) is -0.585. The SMILES string of the molecule is CS(=O)(=O)c1ccc(N(C(=O)CCC2CCCC2)c2cnc(C(O)C(N)=O)cn2)cc1Cl. The molecule has 2 aromatic rings. The second-order valence-electron chi connectivity index (χ2n) is 7.91. The maximum Gasteiger partial charge on any atom is 0.252 e. The normalized spacial score (nSPS) is 15.5. The largest absolute Gasteiger partial charge is 0.377 e. The summed E-state index contributed by atoms with van der Waals surface area (Å²) in [5, 5.41) is 9.75. The van der Waals surface area contributed by atoms with E-state index in [2.05, 4.69) is 9.97 Å². The number of sulfone groups is 1. The highest BCUT2D eigenvalue weighted by Crippen LogP contribution is 2.33. The average molecular weight is 481 g/mol. The number of carbonyl (C=O) groups is 2. The lowest BCUT2D eigenvalue weighted by atomic mass is 10.0. The number of amides is 2. The maximum absolute atomic E-state index is 13.2. The molecule has 1 aromatic heterocycles. The molecule has 1 saturated carbocycles. The smallest absolute Gasteiger partial charge is 0.252 e. The first-order chi connectivity index (χ1) is 15.1. The van der Waals surface area contributed by atoms with Crippen LogP contribution < -0.4 is 10.6 Å². The molecular formula is C21H25ClN4O5S. The summed E-state index contributed by atoms with van der Waals surface area (Å²) >= 11 is 6.19. The lowest BCUT2D eigenvalue weighted by Crippen LogP contribution is -2.28. The van der Waals surface area contributed by atoms with Gasteiger partial charge in [-0.05, 0) is 30.5 Å². The summed E-state index contributed by atoms with van der Waals surface area (Å²) < 4.78 is 23.8. The third-order valence-corrected chi connectivity index (χ3v) is 7.08. The van der Waals surface area contributed by atoms with Crippen molar-refractivity contribution >= 4 is 44.8 Å². The molecule has 9 nitrogen and oxygen atoms in total. The van der Waals surface area contributed by atoms with Gasteiger partial charge in [0, 0.05) is 12.7 Å². The zero-order valence-electron chi connectivity index (χ0n) is 17.6. The number of carbonyl (C=O) groups excluding carboxylic acids is 2. The van der Waals surface area contributed by atoms with Crippen LogP contribution >= 0.6 is 11.6 Å². The van der Waals surface area contributed by atoms with Gasteiger partial charge in [-0.1, -0.05) is 37.3 Å². The highest BCUT2D eigenvalue weighted by molar-refractivity contribution is 7.90. The van der Waals surface area contributed by atoms with Crippen molar-refractivity contribution in [3.05, 3.63) is 41.3 Å². The molecule has 2 amide bonds. The fourth-order valence-electron chi connectivity index (χ4n) is 3.81. The van der Waals surface area contributed by atoms with Gasteiger partial charge in [0.15, 0.2) is 21.8 Å². The molecule has 0 spiro atoms. The molecular weight excluding hydrogens is 456 g/mol. The minimum Gasteiger partial charge on any atom is -0.377 e. The topological polar surface area (TPSA) is 144 Å². The summed E-state index contributed by atoms with van der Waals surface area (Å²) in [6, 6.07) is 4.20. The van der Waals surface area contributed by atoms with Gasteiger partial charge in [0.25, 0.3) is 5.91 Å². The molecule has 1 fully saturated rings. The average Bonchev–Trinajstić information content (AvgIpc) is 3.25. The van der Waals surface area contributed by atoms with Crippen LogP contribution in [0.5, 0.6) is 0 Å². The summed E-state index contributed by atoms with van der Waals surface area (Å²) in [5.41, 5.74) is 5.36. The number of benzene rings is 1. The second-order valence-corrected chi connectivity index (χ2v) is 10.3. The Kier molecular flexibility index (Phi) is 7.47. The van der Waals surface area contributed by atoms with Crippen LogP contribution in [0.15, 0.2) is 35.5 Å². The van der Waals surface area contributed by atoms with Gasteiger partial charge in [0.1, 0.15) is 0 Å². The maximum atomic E-state index is 13.2. The molecule has 0 bridgehead atoms. The minimum atomic E-state index is -3.54. The molecule has 1 aliphatic carbocycles. The minimum absolute atomic E-state index is 0.0210. The zero-order chi connectivity index (χ0) is 23.5. The first-order valence-electron chi connectivity index (χ1n) is 10.2. The molecule has 3 N–H and O–H groups in total. The quantitative estimate of drug-likeness (QED) is 0.590. The van der Waals surface area contributed by atoms with Gasteiger partial charge in [-0.25, -0.2) is 13.4 Å². The summed E-state index contributed by atoms with van der Waals surface area (Å²) in [4.78, 5) is 33.8. The van der Waals surface area contributed by atoms with Gasteiger partial charge in [0.05, 0.1) is 33.7 Å². The zero-order valence-corrected chi connectivity index (χ0v) is 19.1. The number of hydrogen-bond donors (Lipinski definition) is 2. The molecule has 0 saturated heterocycles. The van der Waals surface area contributed by atoms with Crippen LogP contribution in [0.25, 0.3) is 0 Å². The Morgan fingerprint density at radius 1 is 1.25 bits per heavy atom. The molecule has 11 heteroatoms. The number of rotatable bonds is 8. The highest BCUT2D eigenvalue weighted by Gasteiger charge is 2.25. The lowest BCUT2D eigenvalue weighted by molar-refractivity contribution is -0.126. The van der Waals surface area contributed by atoms with Crippen LogP contribution in [0.4, 0.5) is 11.5 Å². The summed E-state index contributed by atoms with van der Waals surface area (Å²) in [7, 11) is -3.54. The van der Waals surface area contributed by atoms with Crippen LogP contribution in [-0.4, -0.2) is 41.6 Å². The number of anilines is 2. The van der Waals surface area contributed by atoms with Crippen molar-refractivity contribution in [1.82, 2.24) is 9.97 Å². The number of primary amides is 1. The third-order valence-electron chi connectivity index (χ3n) is 5.50. The standard InChI is InChI=1S/C21H25ClN4O5S/c1-32(30,31)17-8-7-14(10-15(17)22)26(19(27)9-6-13-4-2-3-5-13)18-12-24-16(11-25-18)20(28)21(23)29/h7-8,10-13,20,28H,2-6,9H2,1H3,(H2,23,29). The van der Waals surface area contributed by atoms with E-state index in [9.17, 15) is 23.1 Å². The first kappa shape index (κ1) is 24.1. The molecule has 1 heterocycles. The third kappa shape index (κ3) is 5.62. The Bertz CT molecular complexity index is 1100. The van der Waals surface area contributed by atoms with Crippen molar-refractivity contribution in [2.45, 2.75) is 49.5 Å². The van der Waals surface area contributed by atoms with E-state index in [1.165, 1.54) is 42.1 Å². The number of aliphatic hydroxyl groups excluding tert-OH is 1. The summed E-state index contributed by atoms with van der Waals surface area (Å²) in [6.45, 7) is 0. The number of aliphatic hydroxyl groups is 1. The van der Waals surface area contributed by atoms with Crippen LogP contribution in [0.2, 0.25) is 5.02 Å². The van der Waals surface area contributed by atoms with Gasteiger partial charge in [-0.3, -0.25) is 19.5 Å². The van der Waals surface area contributed by atoms with E-state index in [0.29, 0.717) is 11.6 Å². The molecule has 172 valence electrons. The molecule has 1 aliphatic rings. The van der Waals surface area contributed by atoms with Crippen molar-refractivity contribution in [3.63, 3.8) is 0 Å². The number of nitrogens with two attached hydrogens (primary N) is 1. The van der Waals surface area contributed by atoms with Crippen molar-refractivity contribution in [3.8, 4) is 0 Å². The van der Waals surface area contributed by atoms with Gasteiger partial charge < -0.3 is 10.8 Å². The number of nitrogens with zero attached hydrogens (tertiary/aromatic N) is 3. The van der Waals surface area contributed by atoms with Crippen LogP contribution in [0, 0.1) is 5.92 Å². The molecule has 1 atom stereocenters. The van der Waals surface area contributed by atoms with Crippen LogP contribution in [0.1, 0.15) is 50.3 Å². The van der Waals surface area contributed by atoms with Crippen molar-refractivity contribution < 1.29 is 23.1 Å². The monoisotopic (exact) mass is 480 g/mol. The Morgan fingerprint density at radius 2 is 1.94 bits per heavy atom. The van der Waals surface area contributed by atoms with E-state index in [-0.39, 0.29) is 33.8 Å². The van der Waals surface area contributed by atoms with E-state index >= 15 is 0 Å². The molecule has 0 radical (unpaired) electrons. The number of aromatic nitrogens is 2. The molecule has 32 heavy (non-hydrogen) atoms. The highest BCUT2D eigenvalue weighted by atomic mass is 35.5. The van der Waals surface area contributed by atoms with E-state index in [1.54, 1.807) is 0 Å². The molecule has 0 aliphatic heterocycles. The second kappa shape index (κ2) is 9.93. The lowest BCUT2D eigenvalue weighted by Gasteiger charge is -2.23. The Labute approximate surface area is 191 Å². The predicted molar refractivity (Wildman–Crippen MR) is 119 cm³/mol. The van der Waals surface area contributed by atoms with E-state index in [0.717, 1.165) is 31.7 Å². The van der Waals surface area contributed by atoms with Gasteiger partial charge in [-0.15, -0.1) is 0 Å². The number of hydrogen-bond acceptors (Lipinski definition) is 7. The number of halogens is 1. The Balaban J connectivity index is 1.95. The fraction of sp³-hybridized carbons (Fsp3) is 0.429. The Morgan fingerprint density at radius 3 is 2.47 bits per heavy atom. The molecule has 1 unspecified atom stereocenters. The van der Waals surface area contributed by atoms with E-state index < -0.39 is 21.8 Å². The predicted octanol–water partition coefficient (Wildman–Crippen LogP) is 2.69. The van der Waals surface area contributed by atoms with Crippen LogP contribution in [0.3, 0.4) is 0 Å². The first-order valence-corrected chi connectivity index (χ1v) is 12.5. The summed E-state index contributed by atoms with van der Waals surface area (Å²) in [6.07, 6.45) is 7.37. The molecule has 3 rings (SSSR count). The van der Waals surface area contributed by atoms with Crippen molar-refractivity contribution in [1.29, 1.82) is 0 Å². The van der Waals surface area contributed by atoms with Gasteiger partial charge >= 0.3 is 0 Å². The van der Waals surface area contributed by atoms with Gasteiger partial charge in [0.2, 0.25) is 5.91 Å². The van der Waals surface area contributed by atoms with E-state index in [1.807, 2.05) is 0 Å². The fourth-order valence-corrected chi connectivity index (χ4v) is 5.13. The van der Waals surface area contributed by atoms with Crippen molar-refractivity contribution in [2.24, 2.45) is 11.7 Å². The van der Waals surface area contributed by atoms with Crippen LogP contribution in [-0.2, 0) is 19.4 Å². The Hall–Kier alpha value is -2.56.